The maximum atomic E-state index is 12.4. The van der Waals surface area contributed by atoms with E-state index in [1.807, 2.05) is 0 Å². The highest BCUT2D eigenvalue weighted by Gasteiger charge is 2.42. The van der Waals surface area contributed by atoms with Gasteiger partial charge in [0.25, 0.3) is 0 Å². The van der Waals surface area contributed by atoms with Crippen LogP contribution < -0.4 is 9.64 Å². The first-order valence-electron chi connectivity index (χ1n) is 5.77. The van der Waals surface area contributed by atoms with E-state index >= 15 is 0 Å². The van der Waals surface area contributed by atoms with Gasteiger partial charge in [-0.15, -0.1) is 11.3 Å². The number of nitrogens with zero attached hydrogens (tertiary/aromatic N) is 2. The molecular formula is C13H11F3N2O2S. The summed E-state index contributed by atoms with van der Waals surface area (Å²) in [5.41, 5.74) is 1.23. The third kappa shape index (κ3) is 3.33. The number of alkyl halides is 3. The first-order valence-corrected chi connectivity index (χ1v) is 6.65. The largest absolute Gasteiger partial charge is 0.497 e. The van der Waals surface area contributed by atoms with E-state index in [4.69, 9.17) is 4.74 Å². The minimum atomic E-state index is -4.92. The van der Waals surface area contributed by atoms with Crippen LogP contribution in [0.4, 0.5) is 18.3 Å². The van der Waals surface area contributed by atoms with Crippen LogP contribution in [0.1, 0.15) is 0 Å². The molecule has 0 bridgehead atoms. The van der Waals surface area contributed by atoms with Gasteiger partial charge < -0.3 is 4.74 Å². The zero-order valence-corrected chi connectivity index (χ0v) is 12.0. The summed E-state index contributed by atoms with van der Waals surface area (Å²) in [7, 11) is 2.58. The molecule has 2 rings (SSSR count). The lowest BCUT2D eigenvalue weighted by Crippen LogP contribution is -2.38. The zero-order chi connectivity index (χ0) is 15.6. The summed E-state index contributed by atoms with van der Waals surface area (Å²) in [6.45, 7) is 0. The molecule has 0 spiro atoms. The average Bonchev–Trinajstić information content (AvgIpc) is 2.94. The number of amides is 1. The van der Waals surface area contributed by atoms with Gasteiger partial charge in [0.2, 0.25) is 0 Å². The summed E-state index contributed by atoms with van der Waals surface area (Å²) >= 11 is 0.970. The van der Waals surface area contributed by atoms with Crippen LogP contribution in [0.25, 0.3) is 11.3 Å². The van der Waals surface area contributed by atoms with Gasteiger partial charge in [-0.05, 0) is 24.3 Å². The number of thiazole rings is 1. The lowest BCUT2D eigenvalue weighted by atomic mass is 10.2. The highest BCUT2D eigenvalue weighted by Crippen LogP contribution is 2.30. The Morgan fingerprint density at radius 3 is 2.43 bits per heavy atom. The van der Waals surface area contributed by atoms with Crippen LogP contribution in [0.2, 0.25) is 0 Å². The Kier molecular flexibility index (Phi) is 4.17. The molecule has 0 saturated carbocycles. The Hall–Kier alpha value is -2.09. The number of benzene rings is 1. The molecule has 2 aromatic rings. The summed E-state index contributed by atoms with van der Waals surface area (Å²) < 4.78 is 42.1. The van der Waals surface area contributed by atoms with Gasteiger partial charge in [-0.3, -0.25) is 9.69 Å². The number of anilines is 1. The van der Waals surface area contributed by atoms with Crippen LogP contribution in [0.5, 0.6) is 5.75 Å². The number of halogens is 3. The van der Waals surface area contributed by atoms with Gasteiger partial charge in [0.05, 0.1) is 12.8 Å². The molecule has 0 aliphatic carbocycles. The number of methoxy groups -OCH3 is 1. The van der Waals surface area contributed by atoms with Crippen molar-refractivity contribution < 1.29 is 22.7 Å². The van der Waals surface area contributed by atoms with Gasteiger partial charge in [0, 0.05) is 18.0 Å². The second-order valence-electron chi connectivity index (χ2n) is 4.11. The summed E-state index contributed by atoms with van der Waals surface area (Å²) in [5.74, 6) is -1.28. The Balaban J connectivity index is 2.23. The number of carbonyl (C=O) groups is 1. The molecule has 0 unspecified atom stereocenters. The molecule has 1 aromatic heterocycles. The number of ether oxygens (including phenoxy) is 1. The molecular weight excluding hydrogens is 305 g/mol. The SMILES string of the molecule is COc1ccc(-c2csc(N(C)C(=O)C(F)(F)F)n2)cc1. The highest BCUT2D eigenvalue weighted by molar-refractivity contribution is 7.14. The number of hydrogen-bond acceptors (Lipinski definition) is 4. The molecule has 4 nitrogen and oxygen atoms in total. The minimum absolute atomic E-state index is 0.0110. The summed E-state index contributed by atoms with van der Waals surface area (Å²) in [6.07, 6.45) is -4.92. The average molecular weight is 316 g/mol. The van der Waals surface area contributed by atoms with Crippen molar-refractivity contribution >= 4 is 22.4 Å². The fourth-order valence-electron chi connectivity index (χ4n) is 1.59. The molecule has 0 N–H and O–H groups in total. The smallest absolute Gasteiger partial charge is 0.471 e. The molecule has 0 fully saturated rings. The maximum Gasteiger partial charge on any atom is 0.471 e. The topological polar surface area (TPSA) is 42.4 Å². The van der Waals surface area contributed by atoms with Crippen molar-refractivity contribution in [2.45, 2.75) is 6.18 Å². The minimum Gasteiger partial charge on any atom is -0.497 e. The molecule has 21 heavy (non-hydrogen) atoms. The first-order chi connectivity index (χ1) is 9.82. The number of aromatic nitrogens is 1. The van der Waals surface area contributed by atoms with Crippen molar-refractivity contribution in [1.82, 2.24) is 4.98 Å². The van der Waals surface area contributed by atoms with Crippen LogP contribution in [-0.2, 0) is 4.79 Å². The molecule has 8 heteroatoms. The van der Waals surface area contributed by atoms with Crippen LogP contribution in [0.15, 0.2) is 29.6 Å². The lowest BCUT2D eigenvalue weighted by molar-refractivity contribution is -0.170. The van der Waals surface area contributed by atoms with E-state index in [-0.39, 0.29) is 5.13 Å². The second kappa shape index (κ2) is 5.72. The Morgan fingerprint density at radius 2 is 1.90 bits per heavy atom. The molecule has 0 atom stereocenters. The normalized spacial score (nSPS) is 11.3. The molecule has 0 aliphatic heterocycles. The van der Waals surface area contributed by atoms with Crippen LogP contribution in [0, 0.1) is 0 Å². The third-order valence-corrected chi connectivity index (χ3v) is 3.63. The van der Waals surface area contributed by atoms with E-state index < -0.39 is 12.1 Å². The van der Waals surface area contributed by atoms with Gasteiger partial charge in [0.15, 0.2) is 5.13 Å². The van der Waals surface area contributed by atoms with Crippen molar-refractivity contribution in [3.8, 4) is 17.0 Å². The molecule has 0 radical (unpaired) electrons. The molecule has 1 amide bonds. The molecule has 112 valence electrons. The van der Waals surface area contributed by atoms with E-state index in [0.29, 0.717) is 16.3 Å². The predicted octanol–water partition coefficient (Wildman–Crippen LogP) is 3.34. The number of hydrogen-bond donors (Lipinski definition) is 0. The second-order valence-corrected chi connectivity index (χ2v) is 4.94. The molecule has 1 heterocycles. The quantitative estimate of drug-likeness (QED) is 0.872. The van der Waals surface area contributed by atoms with Gasteiger partial charge in [0.1, 0.15) is 5.75 Å². The predicted molar refractivity (Wildman–Crippen MR) is 73.6 cm³/mol. The Bertz CT molecular complexity index is 638. The van der Waals surface area contributed by atoms with E-state index in [0.717, 1.165) is 23.9 Å². The molecule has 1 aromatic carbocycles. The lowest BCUT2D eigenvalue weighted by Gasteiger charge is -2.15. The van der Waals surface area contributed by atoms with Crippen molar-refractivity contribution in [2.75, 3.05) is 19.1 Å². The van der Waals surface area contributed by atoms with E-state index in [9.17, 15) is 18.0 Å². The van der Waals surface area contributed by atoms with Crippen LogP contribution in [0.3, 0.4) is 0 Å². The Morgan fingerprint density at radius 1 is 1.29 bits per heavy atom. The molecule has 0 saturated heterocycles. The van der Waals surface area contributed by atoms with E-state index in [1.165, 1.54) is 7.11 Å². The van der Waals surface area contributed by atoms with Crippen LogP contribution >= 0.6 is 11.3 Å². The summed E-state index contributed by atoms with van der Waals surface area (Å²) in [6, 6.07) is 6.92. The van der Waals surface area contributed by atoms with Crippen LogP contribution in [-0.4, -0.2) is 31.2 Å². The number of rotatable bonds is 3. The van der Waals surface area contributed by atoms with Crippen molar-refractivity contribution in [2.24, 2.45) is 0 Å². The third-order valence-electron chi connectivity index (χ3n) is 2.71. The van der Waals surface area contributed by atoms with Crippen molar-refractivity contribution in [3.63, 3.8) is 0 Å². The van der Waals surface area contributed by atoms with Crippen molar-refractivity contribution in [1.29, 1.82) is 0 Å². The number of carbonyl (C=O) groups excluding carboxylic acids is 1. The van der Waals surface area contributed by atoms with Gasteiger partial charge in [-0.1, -0.05) is 0 Å². The van der Waals surface area contributed by atoms with Gasteiger partial charge >= 0.3 is 12.1 Å². The zero-order valence-electron chi connectivity index (χ0n) is 11.1. The maximum absolute atomic E-state index is 12.4. The van der Waals surface area contributed by atoms with Gasteiger partial charge in [-0.2, -0.15) is 13.2 Å². The highest BCUT2D eigenvalue weighted by atomic mass is 32.1. The van der Waals surface area contributed by atoms with Gasteiger partial charge in [-0.25, -0.2) is 4.98 Å². The summed E-state index contributed by atoms with van der Waals surface area (Å²) in [5, 5.41) is 1.58. The van der Waals surface area contributed by atoms with E-state index in [2.05, 4.69) is 4.98 Å². The standard InChI is InChI=1S/C13H11F3N2O2S/c1-18(11(19)13(14,15)16)12-17-10(7-21-12)8-3-5-9(20-2)6-4-8/h3-7H,1-2H3. The fraction of sp³-hybridized carbons (Fsp3) is 0.231. The first kappa shape index (κ1) is 15.3. The molecule has 0 aliphatic rings. The Labute approximate surface area is 122 Å². The van der Waals surface area contributed by atoms with E-state index in [1.54, 1.807) is 29.6 Å². The van der Waals surface area contributed by atoms with Crippen molar-refractivity contribution in [3.05, 3.63) is 29.6 Å². The summed E-state index contributed by atoms with van der Waals surface area (Å²) in [4.78, 5) is 15.7. The monoisotopic (exact) mass is 316 g/mol. The fourth-order valence-corrected chi connectivity index (χ4v) is 2.39.